The van der Waals surface area contributed by atoms with Crippen molar-refractivity contribution in [2.45, 2.75) is 4.90 Å². The second-order valence-electron chi connectivity index (χ2n) is 5.96. The maximum atomic E-state index is 12.8. The Labute approximate surface area is 156 Å². The number of hydrogen-bond acceptors (Lipinski definition) is 3. The van der Waals surface area contributed by atoms with Crippen LogP contribution in [-0.2, 0) is 0 Å². The predicted molar refractivity (Wildman–Crippen MR) is 109 cm³/mol. The number of aromatic nitrogens is 1. The van der Waals surface area contributed by atoms with E-state index in [2.05, 4.69) is 28.5 Å². The molecular formula is C22H18N2OS. The molecule has 1 aromatic heterocycles. The number of nitrogens with zero attached hydrogens (tertiary/aromatic N) is 1. The minimum Gasteiger partial charge on any atom is -0.351 e. The number of fused-ring (bicyclic) bond motifs is 3. The Morgan fingerprint density at radius 1 is 0.923 bits per heavy atom. The van der Waals surface area contributed by atoms with Crippen molar-refractivity contribution in [3.05, 3.63) is 84.6 Å². The van der Waals surface area contributed by atoms with E-state index in [1.165, 1.54) is 4.90 Å². The molecular weight excluding hydrogens is 340 g/mol. The molecule has 3 nitrogen and oxygen atoms in total. The van der Waals surface area contributed by atoms with Crippen LogP contribution in [0.5, 0.6) is 0 Å². The average molecular weight is 358 g/mol. The SMILES string of the molecule is O=C(NCCSc1ccccc1)c1cc2ccccc2c2cccnc12. The lowest BCUT2D eigenvalue weighted by atomic mass is 10.0. The van der Waals surface area contributed by atoms with Crippen molar-refractivity contribution < 1.29 is 4.79 Å². The van der Waals surface area contributed by atoms with Gasteiger partial charge in [-0.3, -0.25) is 9.78 Å². The third-order valence-corrected chi connectivity index (χ3v) is 5.27. The molecule has 4 aromatic rings. The van der Waals surface area contributed by atoms with E-state index in [0.717, 1.165) is 27.4 Å². The number of benzene rings is 3. The summed E-state index contributed by atoms with van der Waals surface area (Å²) in [6.45, 7) is 0.611. The fraction of sp³-hybridized carbons (Fsp3) is 0.0909. The van der Waals surface area contributed by atoms with Gasteiger partial charge in [-0.25, -0.2) is 0 Å². The summed E-state index contributed by atoms with van der Waals surface area (Å²) >= 11 is 1.73. The van der Waals surface area contributed by atoms with Crippen LogP contribution in [0.4, 0.5) is 0 Å². The molecule has 1 heterocycles. The first-order valence-electron chi connectivity index (χ1n) is 8.55. The van der Waals surface area contributed by atoms with Gasteiger partial charge in [0, 0.05) is 28.8 Å². The van der Waals surface area contributed by atoms with E-state index < -0.39 is 0 Å². The number of carbonyl (C=O) groups is 1. The summed E-state index contributed by atoms with van der Waals surface area (Å²) in [7, 11) is 0. The van der Waals surface area contributed by atoms with E-state index in [1.807, 2.05) is 54.6 Å². The molecule has 0 bridgehead atoms. The first-order chi connectivity index (χ1) is 12.8. The number of nitrogens with one attached hydrogen (secondary N) is 1. The minimum absolute atomic E-state index is 0.0758. The molecule has 0 radical (unpaired) electrons. The van der Waals surface area contributed by atoms with E-state index in [4.69, 9.17) is 0 Å². The van der Waals surface area contributed by atoms with E-state index in [0.29, 0.717) is 12.1 Å². The lowest BCUT2D eigenvalue weighted by Crippen LogP contribution is -2.26. The summed E-state index contributed by atoms with van der Waals surface area (Å²) in [5.41, 5.74) is 1.38. The lowest BCUT2D eigenvalue weighted by molar-refractivity contribution is 0.0958. The summed E-state index contributed by atoms with van der Waals surface area (Å²) in [4.78, 5) is 18.4. The summed E-state index contributed by atoms with van der Waals surface area (Å²) < 4.78 is 0. The first-order valence-corrected chi connectivity index (χ1v) is 9.54. The highest BCUT2D eigenvalue weighted by Gasteiger charge is 2.13. The van der Waals surface area contributed by atoms with Gasteiger partial charge in [-0.2, -0.15) is 0 Å². The maximum absolute atomic E-state index is 12.8. The predicted octanol–water partition coefficient (Wildman–Crippen LogP) is 4.91. The fourth-order valence-corrected chi connectivity index (χ4v) is 3.84. The smallest absolute Gasteiger partial charge is 0.253 e. The topological polar surface area (TPSA) is 42.0 Å². The van der Waals surface area contributed by atoms with Gasteiger partial charge < -0.3 is 5.32 Å². The van der Waals surface area contributed by atoms with Gasteiger partial charge in [-0.05, 0) is 35.0 Å². The van der Waals surface area contributed by atoms with Gasteiger partial charge in [0.2, 0.25) is 0 Å². The second-order valence-corrected chi connectivity index (χ2v) is 7.13. The average Bonchev–Trinajstić information content (AvgIpc) is 2.71. The minimum atomic E-state index is -0.0758. The highest BCUT2D eigenvalue weighted by Crippen LogP contribution is 2.27. The number of pyridine rings is 1. The van der Waals surface area contributed by atoms with Crippen LogP contribution in [0.3, 0.4) is 0 Å². The molecule has 4 rings (SSSR count). The molecule has 1 N–H and O–H groups in total. The molecule has 0 unspecified atom stereocenters. The zero-order valence-electron chi connectivity index (χ0n) is 14.2. The zero-order chi connectivity index (χ0) is 17.8. The Bertz CT molecular complexity index is 1060. The van der Waals surface area contributed by atoms with Crippen molar-refractivity contribution in [3.8, 4) is 0 Å². The Kier molecular flexibility index (Phi) is 4.84. The van der Waals surface area contributed by atoms with Gasteiger partial charge in [0.25, 0.3) is 5.91 Å². The van der Waals surface area contributed by atoms with Gasteiger partial charge in [0.05, 0.1) is 11.1 Å². The molecule has 0 aliphatic carbocycles. The van der Waals surface area contributed by atoms with E-state index in [-0.39, 0.29) is 5.91 Å². The summed E-state index contributed by atoms with van der Waals surface area (Å²) in [6.07, 6.45) is 1.74. The molecule has 0 atom stereocenters. The van der Waals surface area contributed by atoms with Crippen LogP contribution in [0.15, 0.2) is 83.9 Å². The maximum Gasteiger partial charge on any atom is 0.253 e. The molecule has 0 saturated carbocycles. The van der Waals surface area contributed by atoms with Gasteiger partial charge in [0.1, 0.15) is 0 Å². The first kappa shape index (κ1) is 16.6. The van der Waals surface area contributed by atoms with Gasteiger partial charge in [-0.15, -0.1) is 11.8 Å². The van der Waals surface area contributed by atoms with Gasteiger partial charge in [-0.1, -0.05) is 48.5 Å². The molecule has 0 fully saturated rings. The third-order valence-electron chi connectivity index (χ3n) is 4.26. The van der Waals surface area contributed by atoms with Crippen LogP contribution >= 0.6 is 11.8 Å². The normalized spacial score (nSPS) is 10.9. The van der Waals surface area contributed by atoms with Crippen molar-refractivity contribution in [1.29, 1.82) is 0 Å². The van der Waals surface area contributed by atoms with Crippen molar-refractivity contribution in [3.63, 3.8) is 0 Å². The van der Waals surface area contributed by atoms with Crippen LogP contribution in [0, 0.1) is 0 Å². The van der Waals surface area contributed by atoms with Crippen molar-refractivity contribution >= 4 is 39.3 Å². The lowest BCUT2D eigenvalue weighted by Gasteiger charge is -2.10. The molecule has 0 spiro atoms. The number of amides is 1. The number of thioether (sulfide) groups is 1. The van der Waals surface area contributed by atoms with E-state index >= 15 is 0 Å². The largest absolute Gasteiger partial charge is 0.351 e. The van der Waals surface area contributed by atoms with Crippen LogP contribution < -0.4 is 5.32 Å². The van der Waals surface area contributed by atoms with E-state index in [1.54, 1.807) is 18.0 Å². The van der Waals surface area contributed by atoms with Crippen LogP contribution in [0.1, 0.15) is 10.4 Å². The molecule has 0 aliphatic heterocycles. The summed E-state index contributed by atoms with van der Waals surface area (Å²) in [5.74, 6) is 0.752. The molecule has 1 amide bonds. The molecule has 3 aromatic carbocycles. The van der Waals surface area contributed by atoms with Gasteiger partial charge in [0.15, 0.2) is 0 Å². The highest BCUT2D eigenvalue weighted by atomic mass is 32.2. The zero-order valence-corrected chi connectivity index (χ0v) is 15.0. The number of rotatable bonds is 5. The van der Waals surface area contributed by atoms with E-state index in [9.17, 15) is 4.79 Å². The Hall–Kier alpha value is -2.85. The Balaban J connectivity index is 1.54. The molecule has 4 heteroatoms. The third kappa shape index (κ3) is 3.41. The van der Waals surface area contributed by atoms with Gasteiger partial charge >= 0.3 is 0 Å². The molecule has 128 valence electrons. The quantitative estimate of drug-likeness (QED) is 0.313. The van der Waals surface area contributed by atoms with Crippen molar-refractivity contribution in [2.24, 2.45) is 0 Å². The van der Waals surface area contributed by atoms with Crippen LogP contribution in [0.25, 0.3) is 21.7 Å². The number of carbonyl (C=O) groups excluding carboxylic acids is 1. The van der Waals surface area contributed by atoms with Crippen LogP contribution in [0.2, 0.25) is 0 Å². The Morgan fingerprint density at radius 3 is 2.58 bits per heavy atom. The molecule has 26 heavy (non-hydrogen) atoms. The van der Waals surface area contributed by atoms with Crippen molar-refractivity contribution in [2.75, 3.05) is 12.3 Å². The summed E-state index contributed by atoms with van der Waals surface area (Å²) in [5, 5.41) is 6.20. The summed E-state index contributed by atoms with van der Waals surface area (Å²) in [6, 6.07) is 24.2. The Morgan fingerprint density at radius 2 is 1.69 bits per heavy atom. The second kappa shape index (κ2) is 7.58. The van der Waals surface area contributed by atoms with Crippen molar-refractivity contribution in [1.82, 2.24) is 10.3 Å². The fourth-order valence-electron chi connectivity index (χ4n) is 3.05. The molecule has 0 aliphatic rings. The standard InChI is InChI=1S/C22H18N2OS/c25-22(24-13-14-26-17-8-2-1-3-9-17)20-15-16-7-4-5-10-18(16)19-11-6-12-23-21(19)20/h1-12,15H,13-14H2,(H,24,25). The number of hydrogen-bond donors (Lipinski definition) is 1. The molecule has 0 saturated heterocycles. The monoisotopic (exact) mass is 358 g/mol. The van der Waals surface area contributed by atoms with Crippen LogP contribution in [-0.4, -0.2) is 23.2 Å². The highest BCUT2D eigenvalue weighted by molar-refractivity contribution is 7.99.